The minimum absolute atomic E-state index is 0.272. The summed E-state index contributed by atoms with van der Waals surface area (Å²) in [5.74, 6) is 0.995. The highest BCUT2D eigenvalue weighted by Crippen LogP contribution is 2.44. The van der Waals surface area contributed by atoms with E-state index in [0.717, 1.165) is 49.5 Å². The van der Waals surface area contributed by atoms with Crippen molar-refractivity contribution in [1.82, 2.24) is 0 Å². The fourth-order valence-electron chi connectivity index (χ4n) is 5.27. The number of hydrogen-bond donors (Lipinski definition) is 0. The number of ether oxygens (including phenoxy) is 2. The van der Waals surface area contributed by atoms with Gasteiger partial charge in [0.15, 0.2) is 0 Å². The SMILES string of the molecule is COc1cc(C(C)(C)C)c(OC(=O)c2ccc3ccccc3c2-c2cccc3ccccc23)c(C(C)(C)C)c1. The topological polar surface area (TPSA) is 35.5 Å². The maximum absolute atomic E-state index is 14.2. The van der Waals surface area contributed by atoms with E-state index in [-0.39, 0.29) is 16.8 Å². The van der Waals surface area contributed by atoms with Crippen LogP contribution in [0.4, 0.5) is 0 Å². The van der Waals surface area contributed by atoms with Gasteiger partial charge in [0.1, 0.15) is 11.5 Å². The molecule has 0 N–H and O–H groups in total. The maximum atomic E-state index is 14.2. The Hall–Kier alpha value is -4.11. The van der Waals surface area contributed by atoms with Crippen molar-refractivity contribution < 1.29 is 14.3 Å². The van der Waals surface area contributed by atoms with Crippen molar-refractivity contribution in [3.63, 3.8) is 0 Å². The minimum Gasteiger partial charge on any atom is -0.497 e. The summed E-state index contributed by atoms with van der Waals surface area (Å²) in [6.45, 7) is 12.8. The summed E-state index contributed by atoms with van der Waals surface area (Å²) in [6, 6.07) is 30.6. The van der Waals surface area contributed by atoms with E-state index in [9.17, 15) is 4.79 Å². The number of fused-ring (bicyclic) bond motifs is 2. The van der Waals surface area contributed by atoms with Gasteiger partial charge in [-0.15, -0.1) is 0 Å². The maximum Gasteiger partial charge on any atom is 0.344 e. The van der Waals surface area contributed by atoms with Gasteiger partial charge in [-0.1, -0.05) is 114 Å². The first-order valence-corrected chi connectivity index (χ1v) is 13.4. The average Bonchev–Trinajstić information content (AvgIpc) is 2.91. The first-order chi connectivity index (χ1) is 18.5. The normalized spacial score (nSPS) is 12.1. The lowest BCUT2D eigenvalue weighted by Crippen LogP contribution is -2.22. The molecule has 39 heavy (non-hydrogen) atoms. The molecular formula is C36H36O3. The van der Waals surface area contributed by atoms with Crippen molar-refractivity contribution in [2.45, 2.75) is 52.4 Å². The molecule has 0 aliphatic carbocycles. The number of hydrogen-bond acceptors (Lipinski definition) is 3. The molecule has 5 aromatic rings. The second-order valence-corrected chi connectivity index (χ2v) is 12.2. The van der Waals surface area contributed by atoms with Crippen LogP contribution in [-0.2, 0) is 10.8 Å². The van der Waals surface area contributed by atoms with Crippen LogP contribution in [-0.4, -0.2) is 13.1 Å². The zero-order valence-electron chi connectivity index (χ0n) is 23.9. The molecule has 3 nitrogen and oxygen atoms in total. The monoisotopic (exact) mass is 516 g/mol. The van der Waals surface area contributed by atoms with E-state index < -0.39 is 0 Å². The van der Waals surface area contributed by atoms with Crippen molar-refractivity contribution in [1.29, 1.82) is 0 Å². The summed E-state index contributed by atoms with van der Waals surface area (Å²) in [4.78, 5) is 14.2. The van der Waals surface area contributed by atoms with Gasteiger partial charge in [-0.05, 0) is 56.1 Å². The third kappa shape index (κ3) is 5.02. The van der Waals surface area contributed by atoms with Crippen LogP contribution in [0.5, 0.6) is 11.5 Å². The molecule has 0 unspecified atom stereocenters. The zero-order chi connectivity index (χ0) is 27.9. The molecule has 0 aromatic heterocycles. The summed E-state index contributed by atoms with van der Waals surface area (Å²) in [6.07, 6.45) is 0. The Morgan fingerprint density at radius 3 is 1.77 bits per heavy atom. The van der Waals surface area contributed by atoms with Crippen LogP contribution in [0.2, 0.25) is 0 Å². The Labute approximate surface area is 231 Å². The lowest BCUT2D eigenvalue weighted by atomic mass is 9.79. The molecule has 0 aliphatic heterocycles. The van der Waals surface area contributed by atoms with Crippen LogP contribution in [0, 0.1) is 0 Å². The van der Waals surface area contributed by atoms with Gasteiger partial charge in [0.2, 0.25) is 0 Å². The van der Waals surface area contributed by atoms with Gasteiger partial charge >= 0.3 is 5.97 Å². The zero-order valence-corrected chi connectivity index (χ0v) is 23.9. The number of carbonyl (C=O) groups excluding carboxylic acids is 1. The predicted octanol–water partition coefficient (Wildman–Crippen LogP) is 9.48. The Morgan fingerprint density at radius 2 is 1.18 bits per heavy atom. The molecule has 0 amide bonds. The van der Waals surface area contributed by atoms with Crippen LogP contribution >= 0.6 is 0 Å². The van der Waals surface area contributed by atoms with Gasteiger partial charge in [0.25, 0.3) is 0 Å². The highest BCUT2D eigenvalue weighted by atomic mass is 16.5. The fourth-order valence-corrected chi connectivity index (χ4v) is 5.27. The summed E-state index contributed by atoms with van der Waals surface area (Å²) in [5, 5.41) is 4.32. The molecule has 5 aromatic carbocycles. The van der Waals surface area contributed by atoms with Gasteiger partial charge in [-0.25, -0.2) is 4.79 Å². The molecule has 0 saturated heterocycles. The second-order valence-electron chi connectivity index (χ2n) is 12.2. The highest BCUT2D eigenvalue weighted by molar-refractivity contribution is 6.13. The van der Waals surface area contributed by atoms with E-state index in [1.165, 1.54) is 0 Å². The number of carbonyl (C=O) groups is 1. The molecule has 0 bridgehead atoms. The van der Waals surface area contributed by atoms with Crippen molar-refractivity contribution in [3.05, 3.63) is 108 Å². The van der Waals surface area contributed by atoms with Crippen LogP contribution in [0.25, 0.3) is 32.7 Å². The summed E-state index contributed by atoms with van der Waals surface area (Å²) < 4.78 is 12.1. The Bertz CT molecular complexity index is 1660. The lowest BCUT2D eigenvalue weighted by Gasteiger charge is -2.30. The number of esters is 1. The molecule has 0 aliphatic rings. The molecule has 0 fully saturated rings. The predicted molar refractivity (Wildman–Crippen MR) is 162 cm³/mol. The molecule has 0 radical (unpaired) electrons. The van der Waals surface area contributed by atoms with Crippen molar-refractivity contribution in [2.24, 2.45) is 0 Å². The largest absolute Gasteiger partial charge is 0.497 e. The summed E-state index contributed by atoms with van der Waals surface area (Å²) in [7, 11) is 1.67. The van der Waals surface area contributed by atoms with Crippen LogP contribution in [0.1, 0.15) is 63.0 Å². The summed E-state index contributed by atoms with van der Waals surface area (Å²) in [5.41, 5.74) is 3.77. The molecular weight excluding hydrogens is 480 g/mol. The lowest BCUT2D eigenvalue weighted by molar-refractivity contribution is 0.0729. The van der Waals surface area contributed by atoms with Crippen molar-refractivity contribution in [3.8, 4) is 22.6 Å². The van der Waals surface area contributed by atoms with Gasteiger partial charge in [-0.3, -0.25) is 0 Å². The minimum atomic E-state index is -0.371. The van der Waals surface area contributed by atoms with Gasteiger partial charge in [0.05, 0.1) is 12.7 Å². The van der Waals surface area contributed by atoms with Gasteiger partial charge in [-0.2, -0.15) is 0 Å². The molecule has 198 valence electrons. The second kappa shape index (κ2) is 9.89. The quantitative estimate of drug-likeness (QED) is 0.176. The molecule has 0 heterocycles. The molecule has 0 saturated carbocycles. The third-order valence-electron chi connectivity index (χ3n) is 7.32. The number of methoxy groups -OCH3 is 1. The van der Waals surface area contributed by atoms with Crippen molar-refractivity contribution >= 4 is 27.5 Å². The third-order valence-corrected chi connectivity index (χ3v) is 7.32. The van der Waals surface area contributed by atoms with Gasteiger partial charge in [0, 0.05) is 16.7 Å². The number of benzene rings is 5. The molecule has 0 atom stereocenters. The van der Waals surface area contributed by atoms with E-state index in [4.69, 9.17) is 9.47 Å². The molecule has 3 heteroatoms. The Kier molecular flexibility index (Phi) is 6.72. The summed E-state index contributed by atoms with van der Waals surface area (Å²) >= 11 is 0. The number of rotatable bonds is 4. The average molecular weight is 517 g/mol. The smallest absolute Gasteiger partial charge is 0.344 e. The van der Waals surface area contributed by atoms with Crippen LogP contribution < -0.4 is 9.47 Å². The van der Waals surface area contributed by atoms with Gasteiger partial charge < -0.3 is 9.47 Å². The molecule has 0 spiro atoms. The van der Waals surface area contributed by atoms with E-state index in [0.29, 0.717) is 11.3 Å². The van der Waals surface area contributed by atoms with E-state index >= 15 is 0 Å². The van der Waals surface area contributed by atoms with E-state index in [1.54, 1.807) is 7.11 Å². The van der Waals surface area contributed by atoms with E-state index in [2.05, 4.69) is 77.9 Å². The van der Waals surface area contributed by atoms with Crippen LogP contribution in [0.15, 0.2) is 91.0 Å². The first-order valence-electron chi connectivity index (χ1n) is 13.4. The molecule has 5 rings (SSSR count). The Balaban J connectivity index is 1.76. The fraction of sp³-hybridized carbons (Fsp3) is 0.250. The Morgan fingerprint density at radius 1 is 0.641 bits per heavy atom. The standard InChI is InChI=1S/C36H36O3/c1-35(2,3)30-21-25(38-7)22-31(36(4,5)6)33(30)39-34(37)29-20-19-24-14-9-11-17-27(24)32(29)28-18-12-15-23-13-8-10-16-26(23)28/h8-22H,1-7H3. The van der Waals surface area contributed by atoms with Crippen LogP contribution in [0.3, 0.4) is 0 Å². The first kappa shape index (κ1) is 26.5. The highest BCUT2D eigenvalue weighted by Gasteiger charge is 2.31. The van der Waals surface area contributed by atoms with Crippen molar-refractivity contribution in [2.75, 3.05) is 7.11 Å². The van der Waals surface area contributed by atoms with E-state index in [1.807, 2.05) is 54.6 Å².